The zero-order chi connectivity index (χ0) is 80.9. The van der Waals surface area contributed by atoms with Crippen LogP contribution >= 0.6 is 25.3 Å². The van der Waals surface area contributed by atoms with Gasteiger partial charge in [0.1, 0.15) is 78.5 Å². The van der Waals surface area contributed by atoms with Crippen LogP contribution in [0.3, 0.4) is 0 Å². The number of carbonyl (C=O) groups is 16. The lowest BCUT2D eigenvalue weighted by molar-refractivity contribution is -0.142. The number of rotatable bonds is 50. The molecule has 40 heteroatoms. The molecule has 0 fully saturated rings. The molecular weight excluding hydrogens is 1440 g/mol. The Kier molecular flexibility index (Phi) is 41.9. The highest BCUT2D eigenvalue weighted by atomic mass is 32.1. The minimum Gasteiger partial charge on any atom is -0.480 e. The number of aromatic amines is 1. The molecular formula is C67H110N20O18S2. The van der Waals surface area contributed by atoms with E-state index in [9.17, 15) is 86.9 Å². The van der Waals surface area contributed by atoms with Gasteiger partial charge in [0.05, 0.1) is 24.9 Å². The Bertz CT molecular complexity index is 3320. The number of primary amides is 2. The summed E-state index contributed by atoms with van der Waals surface area (Å²) < 4.78 is 0. The van der Waals surface area contributed by atoms with Gasteiger partial charge in [-0.15, -0.1) is 0 Å². The van der Waals surface area contributed by atoms with E-state index in [0.29, 0.717) is 43.5 Å². The molecule has 0 saturated heterocycles. The molecule has 0 aliphatic rings. The minimum absolute atomic E-state index is 0.0146. The maximum absolute atomic E-state index is 14.4. The number of unbranched alkanes of at least 4 members (excludes halogenated alkanes) is 2. The fourth-order valence-electron chi connectivity index (χ4n) is 10.3. The summed E-state index contributed by atoms with van der Waals surface area (Å²) in [6.07, 6.45) is 0.950. The Labute approximate surface area is 631 Å². The number of H-pyrrole nitrogens is 1. The molecule has 0 aliphatic carbocycles. The van der Waals surface area contributed by atoms with Crippen LogP contribution in [0.4, 0.5) is 0 Å². The quantitative estimate of drug-likeness (QED) is 0.0216. The number of benzene rings is 1. The minimum atomic E-state index is -1.79. The molecule has 1 heterocycles. The third kappa shape index (κ3) is 33.4. The molecule has 2 aromatic rings. The molecule has 0 spiro atoms. The Balaban J connectivity index is 2.33. The summed E-state index contributed by atoms with van der Waals surface area (Å²) in [5, 5.41) is 52.2. The van der Waals surface area contributed by atoms with Crippen molar-refractivity contribution in [2.45, 2.75) is 224 Å². The largest absolute Gasteiger partial charge is 0.480 e. The van der Waals surface area contributed by atoms with E-state index in [1.165, 1.54) is 67.9 Å². The first-order valence-electron chi connectivity index (χ1n) is 35.1. The van der Waals surface area contributed by atoms with E-state index < -0.39 is 234 Å². The number of aliphatic carboxylic acids is 1. The van der Waals surface area contributed by atoms with Crippen LogP contribution in [-0.4, -0.2) is 230 Å². The van der Waals surface area contributed by atoms with Gasteiger partial charge < -0.3 is 113 Å². The number of nitrogens with zero attached hydrogens (tertiary/aromatic N) is 1. The fourth-order valence-corrected chi connectivity index (χ4v) is 10.8. The molecule has 0 bridgehead atoms. The molecule has 2 rings (SSSR count). The first-order valence-corrected chi connectivity index (χ1v) is 36.4. The van der Waals surface area contributed by atoms with Crippen LogP contribution in [0, 0.1) is 17.8 Å². The number of aromatic nitrogens is 2. The van der Waals surface area contributed by atoms with Gasteiger partial charge in [-0.05, 0) is 95.7 Å². The van der Waals surface area contributed by atoms with Gasteiger partial charge in [0.25, 0.3) is 0 Å². The van der Waals surface area contributed by atoms with Gasteiger partial charge in [-0.3, -0.25) is 76.7 Å². The third-order valence-electron chi connectivity index (χ3n) is 16.7. The highest BCUT2D eigenvalue weighted by Crippen LogP contribution is 2.14. The summed E-state index contributed by atoms with van der Waals surface area (Å²) >= 11 is 8.47. The number of amides is 15. The van der Waals surface area contributed by atoms with Gasteiger partial charge in [-0.25, -0.2) is 4.98 Å². The van der Waals surface area contributed by atoms with Crippen molar-refractivity contribution in [3.63, 3.8) is 0 Å². The number of aliphatic hydroxyl groups excluding tert-OH is 1. The van der Waals surface area contributed by atoms with Crippen molar-refractivity contribution >= 4 is 120 Å². The zero-order valence-corrected chi connectivity index (χ0v) is 63.5. The summed E-state index contributed by atoms with van der Waals surface area (Å²) in [5.41, 5.74) is 29.5. The van der Waals surface area contributed by atoms with E-state index in [4.69, 9.17) is 28.7 Å². The predicted octanol–water partition coefficient (Wildman–Crippen LogP) is -6.44. The molecule has 0 saturated carbocycles. The number of carboxylic acids is 1. The summed E-state index contributed by atoms with van der Waals surface area (Å²) in [4.78, 5) is 223. The van der Waals surface area contributed by atoms with Crippen LogP contribution in [0.25, 0.3) is 0 Å². The first kappa shape index (κ1) is 93.6. The van der Waals surface area contributed by atoms with Crippen molar-refractivity contribution in [2.75, 3.05) is 24.6 Å². The van der Waals surface area contributed by atoms with Gasteiger partial charge in [0.15, 0.2) is 0 Å². The molecule has 15 amide bonds. The molecule has 26 N–H and O–H groups in total. The Hall–Kier alpha value is -9.51. The summed E-state index contributed by atoms with van der Waals surface area (Å²) in [5.74, 6) is -18.9. The number of hydrogen-bond acceptors (Lipinski definition) is 23. The summed E-state index contributed by atoms with van der Waals surface area (Å²) in [6, 6.07) is -11.9. The molecule has 1 aromatic heterocycles. The molecule has 107 heavy (non-hydrogen) atoms. The molecule has 38 nitrogen and oxygen atoms in total. The normalized spacial score (nSPS) is 15.5. The fraction of sp³-hybridized carbons (Fsp3) is 0.627. The number of hydrogen-bond donors (Lipinski definition) is 23. The maximum Gasteiger partial charge on any atom is 0.325 e. The van der Waals surface area contributed by atoms with Crippen LogP contribution < -0.4 is 97.8 Å². The number of aliphatic hydroxyl groups is 1. The van der Waals surface area contributed by atoms with Crippen LogP contribution in [0.15, 0.2) is 42.9 Å². The van der Waals surface area contributed by atoms with Gasteiger partial charge in [-0.2, -0.15) is 25.3 Å². The van der Waals surface area contributed by atoms with Crippen molar-refractivity contribution in [2.24, 2.45) is 46.4 Å². The van der Waals surface area contributed by atoms with Crippen LogP contribution in [0.5, 0.6) is 0 Å². The topological polar surface area (TPSA) is 629 Å². The van der Waals surface area contributed by atoms with E-state index in [2.05, 4.69) is 104 Å². The summed E-state index contributed by atoms with van der Waals surface area (Å²) in [6.45, 7) is 13.3. The Morgan fingerprint density at radius 2 is 0.813 bits per heavy atom. The van der Waals surface area contributed by atoms with Crippen LogP contribution in [-0.2, 0) is 89.6 Å². The van der Waals surface area contributed by atoms with E-state index in [0.717, 1.165) is 6.92 Å². The summed E-state index contributed by atoms with van der Waals surface area (Å²) in [7, 11) is 0. The lowest BCUT2D eigenvalue weighted by Crippen LogP contribution is -2.63. The van der Waals surface area contributed by atoms with Crippen molar-refractivity contribution in [1.29, 1.82) is 0 Å². The second-order valence-electron chi connectivity index (χ2n) is 26.8. The van der Waals surface area contributed by atoms with E-state index in [1.54, 1.807) is 30.3 Å². The number of carbonyl (C=O) groups excluding carboxylic acids is 15. The van der Waals surface area contributed by atoms with Crippen molar-refractivity contribution in [3.8, 4) is 0 Å². The van der Waals surface area contributed by atoms with E-state index >= 15 is 0 Å². The first-order chi connectivity index (χ1) is 50.3. The molecule has 1 aromatic carbocycles. The van der Waals surface area contributed by atoms with Gasteiger partial charge in [0.2, 0.25) is 88.6 Å². The Morgan fingerprint density at radius 3 is 1.28 bits per heavy atom. The van der Waals surface area contributed by atoms with Crippen LogP contribution in [0.2, 0.25) is 0 Å². The van der Waals surface area contributed by atoms with Gasteiger partial charge >= 0.3 is 5.97 Å². The third-order valence-corrected chi connectivity index (χ3v) is 17.4. The SMILES string of the molecule is CC(C)[C@H](NC(=O)[C@H](CC(N)=O)NC(=O)[C@H](CS)NC(=O)[C@H](C)NC(=O)[C@H](Cc1ccccc1)NC(=O)[C@@H](N)CCCCN)C(=O)N[C@H](C(=O)N[C@@H](CCC(N)=O)C(=O)N[C@@H](CCCCN)C(=O)N[C@@H](CS)C(=O)N[C@H](C(=O)N[C@H](C(=O)N[C@@H](Cc1cnc[nH]1)C(=O)N[C@@H](C)C(=O)O)[C@@H](C)O)C(C)C)C(C)C. The lowest BCUT2D eigenvalue weighted by atomic mass is 9.98. The highest BCUT2D eigenvalue weighted by molar-refractivity contribution is 7.80. The highest BCUT2D eigenvalue weighted by Gasteiger charge is 2.39. The molecule has 0 unspecified atom stereocenters. The smallest absolute Gasteiger partial charge is 0.325 e. The number of thiol groups is 2. The van der Waals surface area contributed by atoms with E-state index in [1.807, 2.05) is 0 Å². The number of nitrogens with one attached hydrogen (secondary N) is 14. The van der Waals surface area contributed by atoms with Crippen molar-refractivity contribution in [3.05, 3.63) is 54.1 Å². The standard InChI is InChI=1S/C67H110N20O18S2/c1-32(2)50(86-64(101)51(33(3)4)84-60(97)45(27-49(72)90)80-61(98)46(29-106)82-54(91)35(7)75-58(95)43(25-38-17-11-10-12-18-38)79-55(92)40(70)19-13-15-23-68)63(100)78-42(21-22-48(71)89)57(94)77-41(20-14-16-24-69)56(93)83-47(30-107)62(99)85-52(34(5)6)65(102)87-53(37(9)88)66(103)81-44(26-39-28-73-31-74-39)59(96)76-36(8)67(104)105/h10-12,17-18,28,31-37,40-47,50-53,88,106-107H,13-16,19-27,29-30,68-70H2,1-9H3,(H2,71,89)(H2,72,90)(H,73,74)(H,75,95)(H,76,96)(H,77,94)(H,78,100)(H,79,92)(H,80,98)(H,81,103)(H,82,91)(H,83,93)(H,84,97)(H,85,99)(H,86,101)(H,87,102)(H,104,105)/t35-,36-,37+,40-,41-,42-,43-,44-,45-,46-,47-,50-,51-,52-,53-/m0/s1. The second kappa shape index (κ2) is 47.9. The maximum atomic E-state index is 14.4. The second-order valence-corrected chi connectivity index (χ2v) is 27.6. The number of nitrogens with two attached hydrogens (primary N) is 5. The molecule has 0 aliphatic heterocycles. The predicted molar refractivity (Wildman–Crippen MR) is 396 cm³/mol. The molecule has 15 atom stereocenters. The van der Waals surface area contributed by atoms with Crippen molar-refractivity contribution in [1.82, 2.24) is 79.1 Å². The Morgan fingerprint density at radius 1 is 0.430 bits per heavy atom. The van der Waals surface area contributed by atoms with Crippen LogP contribution in [0.1, 0.15) is 131 Å². The van der Waals surface area contributed by atoms with Gasteiger partial charge in [0, 0.05) is 42.7 Å². The number of imidazole rings is 1. The number of carboxylic acid groups (broad SMARTS) is 1. The van der Waals surface area contributed by atoms with Crippen molar-refractivity contribution < 1.29 is 86.9 Å². The average molecular weight is 1550 g/mol. The average Bonchev–Trinajstić information content (AvgIpc) is 1.08. The monoisotopic (exact) mass is 1550 g/mol. The lowest BCUT2D eigenvalue weighted by Gasteiger charge is -2.30. The van der Waals surface area contributed by atoms with E-state index in [-0.39, 0.29) is 32.2 Å². The zero-order valence-electron chi connectivity index (χ0n) is 61.7. The molecule has 598 valence electrons. The molecule has 0 radical (unpaired) electrons. The van der Waals surface area contributed by atoms with Gasteiger partial charge in [-0.1, -0.05) is 78.3 Å².